The van der Waals surface area contributed by atoms with E-state index >= 15 is 0 Å². The van der Waals surface area contributed by atoms with Crippen molar-refractivity contribution < 1.29 is 21.6 Å². The van der Waals surface area contributed by atoms with E-state index in [0.717, 1.165) is 9.87 Å². The van der Waals surface area contributed by atoms with E-state index in [1.54, 1.807) is 25.1 Å². The molecule has 0 bridgehead atoms. The van der Waals surface area contributed by atoms with Crippen molar-refractivity contribution in [1.82, 2.24) is 0 Å². The van der Waals surface area contributed by atoms with Crippen molar-refractivity contribution in [2.45, 2.75) is 18.7 Å². The summed E-state index contributed by atoms with van der Waals surface area (Å²) in [6.07, 6.45) is 0. The summed E-state index contributed by atoms with van der Waals surface area (Å²) >= 11 is 0. The van der Waals surface area contributed by atoms with Crippen LogP contribution in [0.4, 0.5) is 11.4 Å². The van der Waals surface area contributed by atoms with Gasteiger partial charge in [0.05, 0.1) is 22.3 Å². The molecule has 1 fully saturated rings. The number of aryl methyl sites for hydroxylation is 1. The van der Waals surface area contributed by atoms with Crippen molar-refractivity contribution in [3.63, 3.8) is 0 Å². The summed E-state index contributed by atoms with van der Waals surface area (Å²) in [7, 11) is -7.55. The third-order valence-electron chi connectivity index (χ3n) is 4.01. The number of sulfonamides is 2. The lowest BCUT2D eigenvalue weighted by Gasteiger charge is -2.16. The molecule has 1 heterocycles. The Labute approximate surface area is 152 Å². The van der Waals surface area contributed by atoms with Gasteiger partial charge in [0.1, 0.15) is 0 Å². The van der Waals surface area contributed by atoms with E-state index in [2.05, 4.69) is 4.72 Å². The van der Waals surface area contributed by atoms with Gasteiger partial charge in [0.25, 0.3) is 10.0 Å². The summed E-state index contributed by atoms with van der Waals surface area (Å²) in [5.74, 6) is -1.38. The average Bonchev–Trinajstić information content (AvgIpc) is 2.74. The molecule has 1 N–H and O–H groups in total. The molecule has 26 heavy (non-hydrogen) atoms. The van der Waals surface area contributed by atoms with Gasteiger partial charge in [-0.3, -0.25) is 9.52 Å². The molecule has 0 spiro atoms. The highest BCUT2D eigenvalue weighted by molar-refractivity contribution is 7.94. The van der Waals surface area contributed by atoms with Crippen molar-refractivity contribution in [2.75, 3.05) is 14.8 Å². The number of rotatable bonds is 4. The van der Waals surface area contributed by atoms with Gasteiger partial charge < -0.3 is 0 Å². The minimum absolute atomic E-state index is 0.0279. The Kier molecular flexibility index (Phi) is 4.53. The number of anilines is 2. The van der Waals surface area contributed by atoms with Crippen LogP contribution in [0.5, 0.6) is 0 Å². The maximum atomic E-state index is 12.5. The molecule has 9 heteroatoms. The van der Waals surface area contributed by atoms with Crippen LogP contribution in [0.25, 0.3) is 0 Å². The molecule has 7 nitrogen and oxygen atoms in total. The number of hydrogen-bond acceptors (Lipinski definition) is 5. The lowest BCUT2D eigenvalue weighted by atomic mass is 10.2. The van der Waals surface area contributed by atoms with Crippen LogP contribution in [0.2, 0.25) is 0 Å². The Morgan fingerprint density at radius 3 is 2.31 bits per heavy atom. The van der Waals surface area contributed by atoms with Gasteiger partial charge in [-0.05, 0) is 48.9 Å². The molecule has 3 rings (SSSR count). The molecule has 0 aromatic heterocycles. The average molecular weight is 394 g/mol. The summed E-state index contributed by atoms with van der Waals surface area (Å²) in [6, 6.07) is 12.1. The summed E-state index contributed by atoms with van der Waals surface area (Å²) in [6.45, 7) is 3.39. The zero-order valence-electron chi connectivity index (χ0n) is 14.2. The van der Waals surface area contributed by atoms with Crippen LogP contribution in [-0.4, -0.2) is 28.5 Å². The molecule has 1 atom stereocenters. The first kappa shape index (κ1) is 18.4. The quantitative estimate of drug-likeness (QED) is 0.856. The van der Waals surface area contributed by atoms with E-state index in [-0.39, 0.29) is 16.3 Å². The number of benzene rings is 2. The second-order valence-electron chi connectivity index (χ2n) is 6.25. The standard InChI is InChI=1S/C17H18N2O5S2/c1-12-4-3-5-14(10-12)18-26(23,24)16-8-6-15(7-9-16)19-17(20)13(2)11-25(19,21)22/h3-10,13,18H,11H2,1-2H3/t13-/m0/s1. The lowest BCUT2D eigenvalue weighted by molar-refractivity contribution is -0.119. The van der Waals surface area contributed by atoms with Crippen molar-refractivity contribution in [3.8, 4) is 0 Å². The predicted molar refractivity (Wildman–Crippen MR) is 98.9 cm³/mol. The van der Waals surface area contributed by atoms with Crippen LogP contribution in [-0.2, 0) is 24.8 Å². The summed E-state index contributed by atoms with van der Waals surface area (Å²) in [4.78, 5) is 12.1. The summed E-state index contributed by atoms with van der Waals surface area (Å²) < 4.78 is 52.4. The van der Waals surface area contributed by atoms with E-state index in [9.17, 15) is 21.6 Å². The maximum absolute atomic E-state index is 12.5. The van der Waals surface area contributed by atoms with E-state index in [0.29, 0.717) is 5.69 Å². The number of amides is 1. The van der Waals surface area contributed by atoms with Crippen molar-refractivity contribution in [2.24, 2.45) is 5.92 Å². The van der Waals surface area contributed by atoms with E-state index < -0.39 is 31.9 Å². The predicted octanol–water partition coefficient (Wildman–Crippen LogP) is 2.11. The topological polar surface area (TPSA) is 101 Å². The fraction of sp³-hybridized carbons (Fsp3) is 0.235. The molecule has 0 aliphatic carbocycles. The first-order valence-electron chi connectivity index (χ1n) is 7.86. The Morgan fingerprint density at radius 1 is 1.12 bits per heavy atom. The highest BCUT2D eigenvalue weighted by Crippen LogP contribution is 2.29. The molecule has 1 aliphatic heterocycles. The SMILES string of the molecule is Cc1cccc(NS(=O)(=O)c2ccc(N3C(=O)[C@@H](C)CS3(=O)=O)cc2)c1. The Morgan fingerprint density at radius 2 is 1.77 bits per heavy atom. The van der Waals surface area contributed by atoms with E-state index in [1.165, 1.54) is 24.3 Å². The summed E-state index contributed by atoms with van der Waals surface area (Å²) in [5, 5.41) is 0. The van der Waals surface area contributed by atoms with Gasteiger partial charge in [-0.2, -0.15) is 0 Å². The fourth-order valence-corrected chi connectivity index (χ4v) is 5.64. The zero-order valence-corrected chi connectivity index (χ0v) is 15.8. The Bertz CT molecular complexity index is 1060. The highest BCUT2D eigenvalue weighted by Gasteiger charge is 2.41. The Hall–Kier alpha value is -2.39. The molecule has 0 saturated carbocycles. The van der Waals surface area contributed by atoms with Crippen LogP contribution >= 0.6 is 0 Å². The van der Waals surface area contributed by atoms with Gasteiger partial charge >= 0.3 is 0 Å². The third kappa shape index (κ3) is 3.45. The molecule has 0 radical (unpaired) electrons. The highest BCUT2D eigenvalue weighted by atomic mass is 32.2. The fourth-order valence-electron chi connectivity index (χ4n) is 2.77. The molecular weight excluding hydrogens is 376 g/mol. The van der Waals surface area contributed by atoms with Gasteiger partial charge in [0.2, 0.25) is 15.9 Å². The number of carbonyl (C=O) groups excluding carboxylic acids is 1. The van der Waals surface area contributed by atoms with Crippen molar-refractivity contribution in [1.29, 1.82) is 0 Å². The van der Waals surface area contributed by atoms with Gasteiger partial charge in [0.15, 0.2) is 0 Å². The van der Waals surface area contributed by atoms with Crippen LogP contribution in [0, 0.1) is 12.8 Å². The maximum Gasteiger partial charge on any atom is 0.261 e. The lowest BCUT2D eigenvalue weighted by Crippen LogP contribution is -2.30. The van der Waals surface area contributed by atoms with E-state index in [4.69, 9.17) is 0 Å². The number of nitrogens with zero attached hydrogens (tertiary/aromatic N) is 1. The third-order valence-corrected chi connectivity index (χ3v) is 7.28. The molecule has 138 valence electrons. The van der Waals surface area contributed by atoms with Gasteiger partial charge in [-0.1, -0.05) is 19.1 Å². The summed E-state index contributed by atoms with van der Waals surface area (Å²) in [5.41, 5.74) is 1.47. The van der Waals surface area contributed by atoms with E-state index in [1.807, 2.05) is 13.0 Å². The van der Waals surface area contributed by atoms with Crippen LogP contribution < -0.4 is 9.03 Å². The van der Waals surface area contributed by atoms with Crippen LogP contribution in [0.3, 0.4) is 0 Å². The molecular formula is C17H18N2O5S2. The molecule has 2 aromatic carbocycles. The van der Waals surface area contributed by atoms with Crippen LogP contribution in [0.15, 0.2) is 53.4 Å². The van der Waals surface area contributed by atoms with Gasteiger partial charge in [0, 0.05) is 5.69 Å². The second kappa shape index (κ2) is 6.40. The first-order valence-corrected chi connectivity index (χ1v) is 11.0. The number of nitrogens with one attached hydrogen (secondary N) is 1. The first-order chi connectivity index (χ1) is 12.1. The smallest absolute Gasteiger partial charge is 0.261 e. The van der Waals surface area contributed by atoms with Gasteiger partial charge in [-0.25, -0.2) is 21.1 Å². The normalized spacial score (nSPS) is 19.5. The van der Waals surface area contributed by atoms with Crippen LogP contribution in [0.1, 0.15) is 12.5 Å². The Balaban J connectivity index is 1.89. The zero-order chi connectivity index (χ0) is 19.1. The number of hydrogen-bond donors (Lipinski definition) is 1. The monoisotopic (exact) mass is 394 g/mol. The molecule has 1 aliphatic rings. The molecule has 0 unspecified atom stereocenters. The molecule has 2 aromatic rings. The largest absolute Gasteiger partial charge is 0.280 e. The minimum Gasteiger partial charge on any atom is -0.280 e. The minimum atomic E-state index is -3.83. The van der Waals surface area contributed by atoms with Crippen molar-refractivity contribution in [3.05, 3.63) is 54.1 Å². The van der Waals surface area contributed by atoms with Crippen molar-refractivity contribution >= 4 is 37.3 Å². The molecule has 1 saturated heterocycles. The molecule has 1 amide bonds. The number of carbonyl (C=O) groups is 1. The second-order valence-corrected chi connectivity index (χ2v) is 9.80. The van der Waals surface area contributed by atoms with Gasteiger partial charge in [-0.15, -0.1) is 0 Å².